The average Bonchev–Trinajstić information content (AvgIpc) is 2.63. The molecule has 1 aromatic carbocycles. The molecule has 19 heavy (non-hydrogen) atoms. The maximum Gasteiger partial charge on any atom is 0.273 e. The Hall–Kier alpha value is -2.37. The number of aromatic nitrogens is 2. The molecule has 0 bridgehead atoms. The zero-order valence-corrected chi connectivity index (χ0v) is 11.2. The number of nitrogens with two attached hydrogens (primary N) is 1. The van der Waals surface area contributed by atoms with Gasteiger partial charge < -0.3 is 5.73 Å². The van der Waals surface area contributed by atoms with Crippen LogP contribution in [-0.4, -0.2) is 14.7 Å². The lowest BCUT2D eigenvalue weighted by atomic mass is 10.1. The molecule has 0 radical (unpaired) electrons. The zero-order chi connectivity index (χ0) is 14.2. The highest BCUT2D eigenvalue weighted by Crippen LogP contribution is 2.24. The smallest absolute Gasteiger partial charge is 0.273 e. The number of nitrogen functional groups attached to an aromatic ring is 1. The van der Waals surface area contributed by atoms with Crippen molar-refractivity contribution in [1.82, 2.24) is 9.78 Å². The summed E-state index contributed by atoms with van der Waals surface area (Å²) in [5.41, 5.74) is 9.74. The third-order valence-corrected chi connectivity index (χ3v) is 3.17. The number of anilines is 1. The Labute approximate surface area is 111 Å². The molecule has 100 valence electrons. The van der Waals surface area contributed by atoms with Gasteiger partial charge in [-0.05, 0) is 31.9 Å². The van der Waals surface area contributed by atoms with Crippen molar-refractivity contribution >= 4 is 11.4 Å². The predicted octanol–water partition coefficient (Wildman–Crippen LogP) is 2.54. The van der Waals surface area contributed by atoms with E-state index in [2.05, 4.69) is 12.0 Å². The third kappa shape index (κ3) is 2.29. The Morgan fingerprint density at radius 2 is 2.05 bits per heavy atom. The maximum absolute atomic E-state index is 10.9. The van der Waals surface area contributed by atoms with Gasteiger partial charge >= 0.3 is 0 Å². The SMILES string of the molecule is CCc1c(C)nn(-c2cc(N)cc([N+](=O)[O-])c2)c1C. The zero-order valence-electron chi connectivity index (χ0n) is 11.2. The molecule has 6 heteroatoms. The molecule has 1 heterocycles. The van der Waals surface area contributed by atoms with E-state index < -0.39 is 4.92 Å². The minimum Gasteiger partial charge on any atom is -0.398 e. The fourth-order valence-electron chi connectivity index (χ4n) is 2.28. The molecule has 2 rings (SSSR count). The van der Waals surface area contributed by atoms with Gasteiger partial charge in [0.1, 0.15) is 0 Å². The first-order valence-corrected chi connectivity index (χ1v) is 6.04. The Morgan fingerprint density at radius 1 is 1.37 bits per heavy atom. The van der Waals surface area contributed by atoms with Crippen molar-refractivity contribution in [3.05, 3.63) is 45.3 Å². The van der Waals surface area contributed by atoms with Gasteiger partial charge in [0.2, 0.25) is 0 Å². The van der Waals surface area contributed by atoms with Gasteiger partial charge in [0.05, 0.1) is 16.3 Å². The van der Waals surface area contributed by atoms with E-state index in [4.69, 9.17) is 5.73 Å². The lowest BCUT2D eigenvalue weighted by Gasteiger charge is -2.06. The molecule has 0 saturated heterocycles. The quantitative estimate of drug-likeness (QED) is 0.522. The van der Waals surface area contributed by atoms with Gasteiger partial charge in [-0.15, -0.1) is 0 Å². The Morgan fingerprint density at radius 3 is 2.58 bits per heavy atom. The summed E-state index contributed by atoms with van der Waals surface area (Å²) in [4.78, 5) is 10.4. The van der Waals surface area contributed by atoms with Gasteiger partial charge in [0.25, 0.3) is 5.69 Å². The van der Waals surface area contributed by atoms with E-state index in [-0.39, 0.29) is 5.69 Å². The van der Waals surface area contributed by atoms with E-state index in [1.807, 2.05) is 13.8 Å². The number of nitrogens with zero attached hydrogens (tertiary/aromatic N) is 3. The van der Waals surface area contributed by atoms with Crippen LogP contribution in [-0.2, 0) is 6.42 Å². The largest absolute Gasteiger partial charge is 0.398 e. The maximum atomic E-state index is 10.9. The van der Waals surface area contributed by atoms with Crippen molar-refractivity contribution in [3.8, 4) is 5.69 Å². The summed E-state index contributed by atoms with van der Waals surface area (Å²) >= 11 is 0. The summed E-state index contributed by atoms with van der Waals surface area (Å²) in [6, 6.07) is 4.51. The molecule has 2 aromatic rings. The highest BCUT2D eigenvalue weighted by Gasteiger charge is 2.15. The summed E-state index contributed by atoms with van der Waals surface area (Å²) in [6.07, 6.45) is 0.877. The van der Waals surface area contributed by atoms with E-state index in [1.165, 1.54) is 12.1 Å². The van der Waals surface area contributed by atoms with E-state index in [0.717, 1.165) is 23.4 Å². The van der Waals surface area contributed by atoms with Crippen molar-refractivity contribution in [3.63, 3.8) is 0 Å². The fourth-order valence-corrected chi connectivity index (χ4v) is 2.28. The molecule has 1 aromatic heterocycles. The van der Waals surface area contributed by atoms with Crippen molar-refractivity contribution in [2.75, 3.05) is 5.73 Å². The molecule has 0 fully saturated rings. The average molecular weight is 260 g/mol. The normalized spacial score (nSPS) is 10.7. The second kappa shape index (κ2) is 4.72. The van der Waals surface area contributed by atoms with Crippen LogP contribution >= 0.6 is 0 Å². The van der Waals surface area contributed by atoms with Crippen LogP contribution in [0.5, 0.6) is 0 Å². The van der Waals surface area contributed by atoms with Crippen molar-refractivity contribution in [2.45, 2.75) is 27.2 Å². The monoisotopic (exact) mass is 260 g/mol. The van der Waals surface area contributed by atoms with Gasteiger partial charge in [-0.2, -0.15) is 5.10 Å². The minimum atomic E-state index is -0.452. The first kappa shape index (κ1) is 13.1. The second-order valence-electron chi connectivity index (χ2n) is 4.45. The summed E-state index contributed by atoms with van der Waals surface area (Å²) in [5, 5.41) is 15.3. The molecule has 0 amide bonds. The fraction of sp³-hybridized carbons (Fsp3) is 0.308. The molecule has 0 aliphatic rings. The number of nitro groups is 1. The number of non-ortho nitro benzene ring substituents is 1. The van der Waals surface area contributed by atoms with Crippen LogP contribution in [0.3, 0.4) is 0 Å². The minimum absolute atomic E-state index is 0.0272. The standard InChI is InChI=1S/C13H16N4O2/c1-4-13-8(2)15-16(9(13)3)11-5-10(14)6-12(7-11)17(18)19/h5-7H,4,14H2,1-3H3. The lowest BCUT2D eigenvalue weighted by Crippen LogP contribution is -2.02. The van der Waals surface area contributed by atoms with Crippen LogP contribution in [0.25, 0.3) is 5.69 Å². The summed E-state index contributed by atoms with van der Waals surface area (Å²) in [5.74, 6) is 0. The van der Waals surface area contributed by atoms with Crippen LogP contribution < -0.4 is 5.73 Å². The van der Waals surface area contributed by atoms with E-state index in [1.54, 1.807) is 10.7 Å². The Bertz CT molecular complexity index is 646. The Balaban J connectivity index is 2.62. The van der Waals surface area contributed by atoms with E-state index in [0.29, 0.717) is 11.4 Å². The molecule has 0 unspecified atom stereocenters. The first-order valence-electron chi connectivity index (χ1n) is 6.04. The Kier molecular flexibility index (Phi) is 3.25. The van der Waals surface area contributed by atoms with Gasteiger partial charge in [-0.1, -0.05) is 6.92 Å². The van der Waals surface area contributed by atoms with Crippen LogP contribution in [0.15, 0.2) is 18.2 Å². The number of hydrogen-bond donors (Lipinski definition) is 1. The van der Waals surface area contributed by atoms with Gasteiger partial charge in [0, 0.05) is 23.5 Å². The summed E-state index contributed by atoms with van der Waals surface area (Å²) < 4.78 is 1.71. The number of nitro benzene ring substituents is 1. The van der Waals surface area contributed by atoms with Crippen molar-refractivity contribution in [1.29, 1.82) is 0 Å². The highest BCUT2D eigenvalue weighted by atomic mass is 16.6. The molecule has 0 atom stereocenters. The van der Waals surface area contributed by atoms with Crippen LogP contribution in [0.4, 0.5) is 11.4 Å². The molecule has 0 aliphatic heterocycles. The van der Waals surface area contributed by atoms with Crippen molar-refractivity contribution < 1.29 is 4.92 Å². The van der Waals surface area contributed by atoms with Gasteiger partial charge in [-0.25, -0.2) is 4.68 Å². The van der Waals surface area contributed by atoms with Gasteiger partial charge in [-0.3, -0.25) is 10.1 Å². The molecular formula is C13H16N4O2. The molecule has 2 N–H and O–H groups in total. The molecule has 0 aliphatic carbocycles. The van der Waals surface area contributed by atoms with E-state index in [9.17, 15) is 10.1 Å². The summed E-state index contributed by atoms with van der Waals surface area (Å²) in [6.45, 7) is 5.94. The topological polar surface area (TPSA) is 87.0 Å². The highest BCUT2D eigenvalue weighted by molar-refractivity contribution is 5.56. The molecule has 0 saturated carbocycles. The second-order valence-corrected chi connectivity index (χ2v) is 4.45. The third-order valence-electron chi connectivity index (χ3n) is 3.17. The molecule has 6 nitrogen and oxygen atoms in total. The number of hydrogen-bond acceptors (Lipinski definition) is 4. The molecular weight excluding hydrogens is 244 g/mol. The first-order chi connectivity index (χ1) is 8.93. The number of rotatable bonds is 3. The lowest BCUT2D eigenvalue weighted by molar-refractivity contribution is -0.384. The van der Waals surface area contributed by atoms with Crippen LogP contribution in [0.1, 0.15) is 23.9 Å². The number of benzene rings is 1. The van der Waals surface area contributed by atoms with E-state index >= 15 is 0 Å². The number of aryl methyl sites for hydroxylation is 1. The van der Waals surface area contributed by atoms with Crippen molar-refractivity contribution in [2.24, 2.45) is 0 Å². The summed E-state index contributed by atoms with van der Waals surface area (Å²) in [7, 11) is 0. The van der Waals surface area contributed by atoms with Gasteiger partial charge in [0.15, 0.2) is 0 Å². The van der Waals surface area contributed by atoms with Crippen LogP contribution in [0, 0.1) is 24.0 Å². The predicted molar refractivity (Wildman–Crippen MR) is 73.5 cm³/mol. The van der Waals surface area contributed by atoms with Crippen LogP contribution in [0.2, 0.25) is 0 Å². The molecule has 0 spiro atoms.